The molecule has 0 saturated carbocycles. The van der Waals surface area contributed by atoms with Gasteiger partial charge in [-0.3, -0.25) is 0 Å². The van der Waals surface area contributed by atoms with E-state index in [4.69, 9.17) is 0 Å². The third-order valence-electron chi connectivity index (χ3n) is 10.9. The third-order valence-corrected chi connectivity index (χ3v) is 28.5. The van der Waals surface area contributed by atoms with Crippen molar-refractivity contribution in [2.75, 3.05) is 0 Å². The molecule has 47 heavy (non-hydrogen) atoms. The normalized spacial score (nSPS) is 17.4. The van der Waals surface area contributed by atoms with Crippen molar-refractivity contribution in [3.63, 3.8) is 0 Å². The molecule has 0 bridgehead atoms. The van der Waals surface area contributed by atoms with Gasteiger partial charge in [0, 0.05) is 0 Å². The van der Waals surface area contributed by atoms with Gasteiger partial charge in [-0.25, -0.2) is 0 Å². The molecule has 6 rings (SSSR count). The van der Waals surface area contributed by atoms with Gasteiger partial charge < -0.3 is 0 Å². The molecule has 0 radical (unpaired) electrons. The van der Waals surface area contributed by atoms with Gasteiger partial charge in [-0.1, -0.05) is 0 Å². The molecular formula is C43H54Cl2SiZr. The van der Waals surface area contributed by atoms with Crippen LogP contribution >= 0.6 is 24.8 Å². The van der Waals surface area contributed by atoms with E-state index in [-0.39, 0.29) is 30.2 Å². The van der Waals surface area contributed by atoms with E-state index in [1.165, 1.54) is 55.6 Å². The maximum absolute atomic E-state index is 3.69. The first kappa shape index (κ1) is 37.9. The topological polar surface area (TPSA) is 0 Å². The zero-order chi connectivity index (χ0) is 32.7. The molecule has 0 saturated heterocycles. The molecule has 0 N–H and O–H groups in total. The van der Waals surface area contributed by atoms with E-state index < -0.39 is 17.4 Å². The molecule has 0 amide bonds. The van der Waals surface area contributed by atoms with Crippen LogP contribution in [-0.2, 0) is 22.8 Å². The Balaban J connectivity index is 0.00000250. The summed E-state index contributed by atoms with van der Waals surface area (Å²) in [7, 11) is 0. The van der Waals surface area contributed by atoms with Gasteiger partial charge in [-0.05, 0) is 0 Å². The van der Waals surface area contributed by atoms with Crippen molar-refractivity contribution >= 4 is 43.8 Å². The average Bonchev–Trinajstić information content (AvgIpc) is 3.52. The van der Waals surface area contributed by atoms with Crippen LogP contribution in [0.4, 0.5) is 0 Å². The first-order chi connectivity index (χ1) is 21.0. The van der Waals surface area contributed by atoms with Crippen molar-refractivity contribution in [3.05, 3.63) is 128 Å². The minimum Gasteiger partial charge on any atom is -0.147 e. The molecule has 2 aliphatic rings. The van der Waals surface area contributed by atoms with Gasteiger partial charge in [0.25, 0.3) is 0 Å². The van der Waals surface area contributed by atoms with Gasteiger partial charge in [0.15, 0.2) is 0 Å². The number of allylic oxidation sites excluding steroid dienone is 2. The van der Waals surface area contributed by atoms with E-state index in [2.05, 4.69) is 163 Å². The van der Waals surface area contributed by atoms with Crippen LogP contribution in [0, 0.1) is 26.7 Å². The van der Waals surface area contributed by atoms with Crippen molar-refractivity contribution in [2.45, 2.75) is 84.2 Å². The average molecular weight is 761 g/mol. The summed E-state index contributed by atoms with van der Waals surface area (Å²) < 4.78 is 6.57. The minimum absolute atomic E-state index is 0. The zero-order valence-corrected chi connectivity index (χ0v) is 35.8. The number of rotatable bonds is 5. The molecule has 0 fully saturated rings. The van der Waals surface area contributed by atoms with E-state index in [1.54, 1.807) is 22.3 Å². The smallest absolute Gasteiger partial charge is 0.147 e. The van der Waals surface area contributed by atoms with Gasteiger partial charge >= 0.3 is 277 Å². The monoisotopic (exact) mass is 758 g/mol. The van der Waals surface area contributed by atoms with Crippen LogP contribution in [0.3, 0.4) is 0 Å². The van der Waals surface area contributed by atoms with Crippen molar-refractivity contribution < 1.29 is 17.4 Å². The summed E-state index contributed by atoms with van der Waals surface area (Å²) in [4.78, 5) is 0. The zero-order valence-electron chi connectivity index (χ0n) is 30.3. The van der Waals surface area contributed by atoms with Gasteiger partial charge in [0.05, 0.1) is 0 Å². The van der Waals surface area contributed by atoms with E-state index in [0.29, 0.717) is 13.2 Å². The molecule has 4 aromatic carbocycles. The summed E-state index contributed by atoms with van der Waals surface area (Å²) in [6.07, 6.45) is 5.17. The van der Waals surface area contributed by atoms with Crippen molar-refractivity contribution in [3.8, 4) is 22.3 Å². The van der Waals surface area contributed by atoms with Crippen molar-refractivity contribution in [2.24, 2.45) is 5.92 Å². The first-order valence-electron chi connectivity index (χ1n) is 16.9. The fraction of sp³-hybridized carbons (Fsp3) is 0.349. The molecule has 2 unspecified atom stereocenters. The van der Waals surface area contributed by atoms with Crippen molar-refractivity contribution in [1.82, 2.24) is 0 Å². The van der Waals surface area contributed by atoms with Gasteiger partial charge in [-0.15, -0.1) is 24.8 Å². The number of benzene rings is 4. The molecule has 0 aliphatic heterocycles. The maximum atomic E-state index is 2.78. The van der Waals surface area contributed by atoms with E-state index in [0.717, 1.165) is 0 Å². The molecule has 4 heteroatoms. The fourth-order valence-electron chi connectivity index (χ4n) is 8.84. The van der Waals surface area contributed by atoms with Crippen LogP contribution in [-0.4, -0.2) is 6.88 Å². The largest absolute Gasteiger partial charge is 0.147 e. The standard InChI is InChI=1S/C21H23.C20H21.2CH3.2ClH.H2Si.Zr/c1-14-10-17-11-15(2)13-20(17)19(12-14)16-6-8-18(9-7-16)21(3,4)5;1-13(2)17-11-16-6-5-7-18(20(16)12-17)19-10-14(3)8-9-15(19)4;;;;;;/h6-13H,1-5H3;5-13H,1-4H3;2*1H3;2*1H;1H2;. The third kappa shape index (κ3) is 6.55. The first-order valence-corrected chi connectivity index (χ1v) is 30.6. The Labute approximate surface area is 299 Å². The molecule has 0 aromatic heterocycles. The van der Waals surface area contributed by atoms with Gasteiger partial charge in [-0.2, -0.15) is 0 Å². The summed E-state index contributed by atoms with van der Waals surface area (Å²) >= 11 is -3.69. The Kier molecular flexibility index (Phi) is 10.5. The Morgan fingerprint density at radius 2 is 1.28 bits per heavy atom. The predicted octanol–water partition coefficient (Wildman–Crippen LogP) is 12.7. The molecule has 2 aliphatic carbocycles. The second-order valence-corrected chi connectivity index (χ2v) is 47.2. The number of hydrogen-bond donors (Lipinski definition) is 0. The molecular weight excluding hydrogens is 707 g/mol. The summed E-state index contributed by atoms with van der Waals surface area (Å²) in [6.45, 7) is 23.4. The summed E-state index contributed by atoms with van der Waals surface area (Å²) in [5, 5.41) is 0. The summed E-state index contributed by atoms with van der Waals surface area (Å²) in [5.41, 5.74) is 20.4. The maximum Gasteiger partial charge on any atom is -0.147 e. The number of fused-ring (bicyclic) bond motifs is 2. The second kappa shape index (κ2) is 13.1. The van der Waals surface area contributed by atoms with Gasteiger partial charge in [0.1, 0.15) is 0 Å². The van der Waals surface area contributed by atoms with E-state index in [1.807, 2.05) is 0 Å². The molecule has 0 spiro atoms. The number of aryl methyl sites for hydroxylation is 3. The van der Waals surface area contributed by atoms with Crippen LogP contribution in [0.5, 0.6) is 0 Å². The Bertz CT molecular complexity index is 1980. The van der Waals surface area contributed by atoms with Crippen LogP contribution in [0.2, 0.25) is 9.26 Å². The van der Waals surface area contributed by atoms with Gasteiger partial charge in [0.2, 0.25) is 0 Å². The van der Waals surface area contributed by atoms with Crippen LogP contribution in [0.1, 0.15) is 93.3 Å². The van der Waals surface area contributed by atoms with Crippen LogP contribution < -0.4 is 0 Å². The van der Waals surface area contributed by atoms with E-state index in [9.17, 15) is 0 Å². The van der Waals surface area contributed by atoms with Crippen LogP contribution in [0.25, 0.3) is 34.4 Å². The SMILES string of the molecule is CC1=Cc2c(-c3ccc(C(C)(C)C)cc3)cc(C)cc2[CH]1[Zr]([CH3])([CH3])(=[SiH2])[CH]1C(C(C)C)=Cc2c(-c3cc(C)ccc3C)cccc21.Cl.Cl. The number of halogens is 2. The molecule has 4 aromatic rings. The van der Waals surface area contributed by atoms with Crippen molar-refractivity contribution in [1.29, 1.82) is 0 Å². The number of hydrogen-bond acceptors (Lipinski definition) is 0. The Morgan fingerprint density at radius 1 is 0.660 bits per heavy atom. The quantitative estimate of drug-likeness (QED) is 0.178. The predicted molar refractivity (Wildman–Crippen MR) is 213 cm³/mol. The molecule has 0 nitrogen and oxygen atoms in total. The fourth-order valence-corrected chi connectivity index (χ4v) is 29.4. The minimum atomic E-state index is -3.69. The Morgan fingerprint density at radius 3 is 1.89 bits per heavy atom. The summed E-state index contributed by atoms with van der Waals surface area (Å²) in [6, 6.07) is 28.4. The van der Waals surface area contributed by atoms with E-state index >= 15 is 0 Å². The summed E-state index contributed by atoms with van der Waals surface area (Å²) in [5.74, 6) is 0.505. The molecule has 0 heterocycles. The Hall–Kier alpha value is -1.96. The second-order valence-electron chi connectivity index (χ2n) is 16.8. The molecule has 2 atom stereocenters. The molecule has 248 valence electrons. The van der Waals surface area contributed by atoms with Crippen LogP contribution in [0.15, 0.2) is 83.9 Å².